The molecule has 0 spiro atoms. The van der Waals surface area contributed by atoms with E-state index in [1.807, 2.05) is 0 Å². The Morgan fingerprint density at radius 3 is 2.59 bits per heavy atom. The summed E-state index contributed by atoms with van der Waals surface area (Å²) in [6.07, 6.45) is 6.54. The molecule has 0 radical (unpaired) electrons. The number of epoxide rings is 1. The Kier molecular flexibility index (Phi) is 3.66. The second kappa shape index (κ2) is 5.72. The van der Waals surface area contributed by atoms with Crippen molar-refractivity contribution in [1.82, 2.24) is 0 Å². The van der Waals surface area contributed by atoms with E-state index in [1.54, 1.807) is 6.07 Å². The minimum absolute atomic E-state index is 0.0341. The molecule has 1 aliphatic heterocycles. The minimum Gasteiger partial charge on any atom is -0.431 e. The normalized spacial score (nSPS) is 55.4. The highest BCUT2D eigenvalue weighted by atomic mass is 16.6. The van der Waals surface area contributed by atoms with Crippen molar-refractivity contribution in [3.63, 3.8) is 0 Å². The van der Waals surface area contributed by atoms with Crippen LogP contribution in [0, 0.1) is 23.2 Å². The molecule has 0 bridgehead atoms. The fourth-order valence-corrected chi connectivity index (χ4v) is 8.29. The highest BCUT2D eigenvalue weighted by molar-refractivity contribution is 5.30. The average molecular weight is 402 g/mol. The molecule has 10 atom stereocenters. The van der Waals surface area contributed by atoms with Crippen molar-refractivity contribution < 1.29 is 24.5 Å². The zero-order chi connectivity index (χ0) is 20.2. The molecule has 1 aromatic rings. The van der Waals surface area contributed by atoms with Gasteiger partial charge in [0.1, 0.15) is 0 Å². The lowest BCUT2D eigenvalue weighted by Crippen LogP contribution is -2.65. The molecule has 10 unspecified atom stereocenters. The van der Waals surface area contributed by atoms with Crippen molar-refractivity contribution in [2.75, 3.05) is 0 Å². The van der Waals surface area contributed by atoms with Gasteiger partial charge in [-0.1, -0.05) is 6.92 Å². The second-order valence-corrected chi connectivity index (χ2v) is 10.6. The average Bonchev–Trinajstić information content (AvgIpc) is 3.42. The van der Waals surface area contributed by atoms with Crippen LogP contribution < -0.4 is 5.63 Å². The van der Waals surface area contributed by atoms with Gasteiger partial charge in [0.2, 0.25) is 0 Å². The van der Waals surface area contributed by atoms with Crippen LogP contribution in [-0.2, 0) is 4.74 Å². The molecule has 3 N–H and O–H groups in total. The Balaban J connectivity index is 1.38. The van der Waals surface area contributed by atoms with Crippen LogP contribution in [0.1, 0.15) is 63.4 Å². The van der Waals surface area contributed by atoms with Gasteiger partial charge in [0.25, 0.3) is 0 Å². The molecule has 29 heavy (non-hydrogen) atoms. The monoisotopic (exact) mass is 402 g/mol. The Morgan fingerprint density at radius 1 is 1.03 bits per heavy atom. The first-order valence-corrected chi connectivity index (χ1v) is 11.1. The molecule has 1 aromatic heterocycles. The molecule has 0 amide bonds. The first kappa shape index (κ1) is 18.6. The van der Waals surface area contributed by atoms with Gasteiger partial charge in [0, 0.05) is 29.7 Å². The van der Waals surface area contributed by atoms with Crippen molar-refractivity contribution >= 4 is 0 Å². The van der Waals surface area contributed by atoms with Crippen molar-refractivity contribution in [2.45, 2.75) is 87.3 Å². The van der Waals surface area contributed by atoms with Crippen molar-refractivity contribution in [2.24, 2.45) is 23.2 Å². The maximum absolute atomic E-state index is 12.1. The maximum Gasteiger partial charge on any atom is 0.335 e. The highest BCUT2D eigenvalue weighted by Crippen LogP contribution is 2.69. The molecule has 5 fully saturated rings. The molecule has 4 saturated carbocycles. The van der Waals surface area contributed by atoms with Crippen molar-refractivity contribution in [1.29, 1.82) is 0 Å². The van der Waals surface area contributed by atoms with E-state index in [-0.39, 0.29) is 29.8 Å². The molecular formula is C23H30O6. The first-order valence-electron chi connectivity index (χ1n) is 11.1. The highest BCUT2D eigenvalue weighted by Gasteiger charge is 2.72. The third-order valence-electron chi connectivity index (χ3n) is 9.66. The van der Waals surface area contributed by atoms with Crippen LogP contribution in [0.5, 0.6) is 0 Å². The number of aliphatic hydroxyl groups is 3. The third kappa shape index (κ3) is 2.24. The molecule has 158 valence electrons. The molecule has 0 aromatic carbocycles. The first-order chi connectivity index (χ1) is 13.8. The van der Waals surface area contributed by atoms with Gasteiger partial charge in [0.05, 0.1) is 35.8 Å². The fourth-order valence-electron chi connectivity index (χ4n) is 8.29. The van der Waals surface area contributed by atoms with Gasteiger partial charge >= 0.3 is 5.63 Å². The predicted molar refractivity (Wildman–Crippen MR) is 103 cm³/mol. The largest absolute Gasteiger partial charge is 0.431 e. The molecule has 5 aliphatic rings. The number of ether oxygens (including phenoxy) is 1. The Labute approximate surface area is 169 Å². The van der Waals surface area contributed by atoms with Gasteiger partial charge in [0.15, 0.2) is 0 Å². The summed E-state index contributed by atoms with van der Waals surface area (Å²) in [4.78, 5) is 11.4. The lowest BCUT2D eigenvalue weighted by molar-refractivity contribution is -0.228. The van der Waals surface area contributed by atoms with E-state index in [4.69, 9.17) is 9.15 Å². The molecule has 1 saturated heterocycles. The summed E-state index contributed by atoms with van der Waals surface area (Å²) in [5.41, 5.74) is -1.97. The van der Waals surface area contributed by atoms with Gasteiger partial charge in [-0.25, -0.2) is 4.79 Å². The summed E-state index contributed by atoms with van der Waals surface area (Å²) < 4.78 is 10.9. The number of rotatable bonds is 1. The molecule has 4 aliphatic carbocycles. The SMILES string of the molecule is CC12CCC3C(CCC4C5OC5CCC43O)C1(O)CC(O)C2c1ccc(=O)oc1. The van der Waals surface area contributed by atoms with Crippen LogP contribution in [0.15, 0.2) is 27.6 Å². The molecule has 2 heterocycles. The van der Waals surface area contributed by atoms with Crippen LogP contribution in [0.25, 0.3) is 0 Å². The van der Waals surface area contributed by atoms with E-state index in [0.717, 1.165) is 44.1 Å². The van der Waals surface area contributed by atoms with Gasteiger partial charge in [-0.2, -0.15) is 0 Å². The van der Waals surface area contributed by atoms with Crippen LogP contribution in [0.4, 0.5) is 0 Å². The molecular weight excluding hydrogens is 372 g/mol. The quantitative estimate of drug-likeness (QED) is 0.621. The van der Waals surface area contributed by atoms with E-state index in [1.165, 1.54) is 12.3 Å². The van der Waals surface area contributed by atoms with Crippen LogP contribution in [0.3, 0.4) is 0 Å². The van der Waals surface area contributed by atoms with E-state index in [2.05, 4.69) is 6.92 Å². The van der Waals surface area contributed by atoms with E-state index >= 15 is 0 Å². The van der Waals surface area contributed by atoms with Crippen LogP contribution in [0.2, 0.25) is 0 Å². The van der Waals surface area contributed by atoms with E-state index in [9.17, 15) is 20.1 Å². The Bertz CT molecular complexity index is 877. The van der Waals surface area contributed by atoms with Crippen LogP contribution in [-0.4, -0.2) is 44.8 Å². The number of hydrogen-bond acceptors (Lipinski definition) is 6. The third-order valence-corrected chi connectivity index (χ3v) is 9.66. The van der Waals surface area contributed by atoms with Crippen molar-refractivity contribution in [3.05, 3.63) is 34.4 Å². The minimum atomic E-state index is -1.04. The summed E-state index contributed by atoms with van der Waals surface area (Å²) in [7, 11) is 0. The van der Waals surface area contributed by atoms with Gasteiger partial charge in [-0.05, 0) is 62.0 Å². The maximum atomic E-state index is 12.1. The molecule has 6 rings (SSSR count). The Morgan fingerprint density at radius 2 is 1.83 bits per heavy atom. The van der Waals surface area contributed by atoms with Gasteiger partial charge < -0.3 is 24.5 Å². The van der Waals surface area contributed by atoms with E-state index in [0.29, 0.717) is 12.5 Å². The lowest BCUT2D eigenvalue weighted by atomic mass is 9.46. The topological polar surface area (TPSA) is 103 Å². The number of hydrogen-bond donors (Lipinski definition) is 3. The van der Waals surface area contributed by atoms with Gasteiger partial charge in [-0.15, -0.1) is 0 Å². The summed E-state index contributed by atoms with van der Waals surface area (Å²) in [5, 5.41) is 34.9. The number of fused-ring (bicyclic) bond motifs is 7. The molecule has 6 heteroatoms. The smallest absolute Gasteiger partial charge is 0.335 e. The van der Waals surface area contributed by atoms with Crippen molar-refractivity contribution in [3.8, 4) is 0 Å². The summed E-state index contributed by atoms with van der Waals surface area (Å²) in [6.45, 7) is 2.08. The van der Waals surface area contributed by atoms with E-state index < -0.39 is 28.3 Å². The second-order valence-electron chi connectivity index (χ2n) is 10.6. The molecule has 6 nitrogen and oxygen atoms in total. The zero-order valence-corrected chi connectivity index (χ0v) is 16.8. The zero-order valence-electron chi connectivity index (χ0n) is 16.8. The fraction of sp³-hybridized carbons (Fsp3) is 0.783. The lowest BCUT2D eigenvalue weighted by Gasteiger charge is -2.61. The van der Waals surface area contributed by atoms with Gasteiger partial charge in [-0.3, -0.25) is 0 Å². The summed E-state index contributed by atoms with van der Waals surface area (Å²) in [5.74, 6) is -0.0917. The van der Waals surface area contributed by atoms with Crippen LogP contribution >= 0.6 is 0 Å². The standard InChI is InChI=1S/C23H30O6/c1-21-8-6-13-14(3-4-15-20-17(29-20)7-9-22(13,15)26)23(21,27)10-16(24)19(21)12-2-5-18(25)28-11-12/h2,5,11,13-17,19-20,24,26-27H,3-4,6-10H2,1H3. The number of aliphatic hydroxyl groups excluding tert-OH is 1. The summed E-state index contributed by atoms with van der Waals surface area (Å²) in [6, 6.07) is 3.11. The predicted octanol–water partition coefficient (Wildman–Crippen LogP) is 1.95. The Hall–Kier alpha value is -1.21. The summed E-state index contributed by atoms with van der Waals surface area (Å²) >= 11 is 0.